The summed E-state index contributed by atoms with van der Waals surface area (Å²) in [4.78, 5) is 0. The maximum Gasteiger partial charge on any atom is 0.0913 e. The lowest BCUT2D eigenvalue weighted by Crippen LogP contribution is -2.20. The molecule has 0 radical (unpaired) electrons. The minimum absolute atomic E-state index is 0.575. The summed E-state index contributed by atoms with van der Waals surface area (Å²) in [7, 11) is 0. The van der Waals surface area contributed by atoms with Crippen molar-refractivity contribution < 1.29 is 5.11 Å². The molecule has 0 aliphatic carbocycles. The Morgan fingerprint density at radius 1 is 1.24 bits per heavy atom. The normalized spacial score (nSPS) is 14.5. The van der Waals surface area contributed by atoms with E-state index in [4.69, 9.17) is 0 Å². The molecule has 0 saturated carbocycles. The first kappa shape index (κ1) is 12.6. The molecule has 1 nitrogen and oxygen atoms in total. The van der Waals surface area contributed by atoms with Gasteiger partial charge in [-0.3, -0.25) is 0 Å². The molecule has 17 heavy (non-hydrogen) atoms. The van der Waals surface area contributed by atoms with Crippen LogP contribution in [0.15, 0.2) is 52.6 Å². The van der Waals surface area contributed by atoms with E-state index in [1.54, 1.807) is 0 Å². The molecule has 2 rings (SSSR count). The van der Waals surface area contributed by atoms with Gasteiger partial charge in [0.05, 0.1) is 5.60 Å². The second kappa shape index (κ2) is 4.78. The minimum atomic E-state index is -0.845. The van der Waals surface area contributed by atoms with E-state index in [-0.39, 0.29) is 0 Å². The van der Waals surface area contributed by atoms with Crippen molar-refractivity contribution >= 4 is 33.4 Å². The summed E-state index contributed by atoms with van der Waals surface area (Å²) in [5, 5.41) is 12.8. The van der Waals surface area contributed by atoms with Crippen LogP contribution in [0.2, 0.25) is 0 Å². The molecule has 1 unspecified atom stereocenters. The van der Waals surface area contributed by atoms with Gasteiger partial charge in [0.1, 0.15) is 0 Å². The van der Waals surface area contributed by atoms with Gasteiger partial charge < -0.3 is 5.11 Å². The number of hydrogen-bond acceptors (Lipinski definition) is 1. The molecule has 0 aromatic heterocycles. The van der Waals surface area contributed by atoms with Crippen LogP contribution in [0.4, 0.5) is 0 Å². The summed E-state index contributed by atoms with van der Waals surface area (Å²) in [5.74, 6) is 0. The fraction of sp³-hybridized carbons (Fsp3) is 0.200. The van der Waals surface area contributed by atoms with Crippen LogP contribution >= 0.6 is 22.6 Å². The molecule has 0 bridgehead atoms. The van der Waals surface area contributed by atoms with Gasteiger partial charge in [0.15, 0.2) is 0 Å². The second-order valence-electron chi connectivity index (χ2n) is 4.53. The van der Waals surface area contributed by atoms with E-state index in [1.807, 2.05) is 25.1 Å². The minimum Gasteiger partial charge on any atom is -0.385 e. The average molecular weight is 338 g/mol. The van der Waals surface area contributed by atoms with Crippen LogP contribution in [-0.2, 0) is 5.60 Å². The van der Waals surface area contributed by atoms with Gasteiger partial charge in [0, 0.05) is 6.42 Å². The molecule has 2 aromatic rings. The van der Waals surface area contributed by atoms with Crippen molar-refractivity contribution in [2.24, 2.45) is 0 Å². The van der Waals surface area contributed by atoms with Gasteiger partial charge in [0.25, 0.3) is 0 Å². The third-order valence-electron chi connectivity index (χ3n) is 2.91. The van der Waals surface area contributed by atoms with Crippen LogP contribution in [-0.4, -0.2) is 5.11 Å². The highest BCUT2D eigenvalue weighted by atomic mass is 127. The Balaban J connectivity index is 2.45. The largest absolute Gasteiger partial charge is 0.385 e. The predicted molar refractivity (Wildman–Crippen MR) is 81.3 cm³/mol. The Morgan fingerprint density at radius 2 is 1.88 bits per heavy atom. The zero-order chi connectivity index (χ0) is 12.5. The van der Waals surface area contributed by atoms with Gasteiger partial charge in [-0.25, -0.2) is 0 Å². The van der Waals surface area contributed by atoms with Crippen molar-refractivity contribution in [3.05, 3.63) is 58.2 Å². The summed E-state index contributed by atoms with van der Waals surface area (Å²) in [6, 6.07) is 14.3. The molecule has 0 amide bonds. The second-order valence-corrected chi connectivity index (χ2v) is 6.06. The highest BCUT2D eigenvalue weighted by molar-refractivity contribution is 14.1. The molecular weight excluding hydrogens is 323 g/mol. The van der Waals surface area contributed by atoms with E-state index in [9.17, 15) is 5.11 Å². The topological polar surface area (TPSA) is 20.2 Å². The smallest absolute Gasteiger partial charge is 0.0913 e. The molecule has 0 aliphatic heterocycles. The van der Waals surface area contributed by atoms with Gasteiger partial charge in [0.2, 0.25) is 0 Å². The van der Waals surface area contributed by atoms with Gasteiger partial charge in [-0.05, 0) is 55.5 Å². The first-order chi connectivity index (χ1) is 7.99. The SMILES string of the molecule is C=C(I)CC(C)(O)c1ccc2ccccc2c1. The van der Waals surface area contributed by atoms with Crippen molar-refractivity contribution in [3.63, 3.8) is 0 Å². The van der Waals surface area contributed by atoms with Crippen LogP contribution < -0.4 is 0 Å². The van der Waals surface area contributed by atoms with Crippen molar-refractivity contribution in [3.8, 4) is 0 Å². The lowest BCUT2D eigenvalue weighted by atomic mass is 9.91. The van der Waals surface area contributed by atoms with Gasteiger partial charge >= 0.3 is 0 Å². The third kappa shape index (κ3) is 2.87. The third-order valence-corrected chi connectivity index (χ3v) is 3.29. The van der Waals surface area contributed by atoms with Crippen LogP contribution in [0.5, 0.6) is 0 Å². The van der Waals surface area contributed by atoms with Gasteiger partial charge in [-0.1, -0.05) is 43.0 Å². The lowest BCUT2D eigenvalue weighted by molar-refractivity contribution is 0.0603. The average Bonchev–Trinajstić information content (AvgIpc) is 2.26. The van der Waals surface area contributed by atoms with Crippen molar-refractivity contribution in [1.29, 1.82) is 0 Å². The molecular formula is C15H15IO. The summed E-state index contributed by atoms with van der Waals surface area (Å²) >= 11 is 2.16. The summed E-state index contributed by atoms with van der Waals surface area (Å²) in [6.07, 6.45) is 0.575. The summed E-state index contributed by atoms with van der Waals surface area (Å²) in [6.45, 7) is 5.69. The first-order valence-corrected chi connectivity index (χ1v) is 6.62. The molecule has 0 aliphatic rings. The Morgan fingerprint density at radius 3 is 2.53 bits per heavy atom. The predicted octanol–water partition coefficient (Wildman–Crippen LogP) is 4.39. The quantitative estimate of drug-likeness (QED) is 0.823. The zero-order valence-corrected chi connectivity index (χ0v) is 11.9. The fourth-order valence-corrected chi connectivity index (χ4v) is 2.74. The molecule has 0 spiro atoms. The molecule has 0 heterocycles. The van der Waals surface area contributed by atoms with Gasteiger partial charge in [-0.15, -0.1) is 0 Å². The monoisotopic (exact) mass is 338 g/mol. The molecule has 2 heteroatoms. The van der Waals surface area contributed by atoms with Crippen molar-refractivity contribution in [1.82, 2.24) is 0 Å². The molecule has 2 aromatic carbocycles. The number of halogens is 1. The Labute approximate surface area is 115 Å². The maximum atomic E-state index is 10.5. The Bertz CT molecular complexity index is 558. The van der Waals surface area contributed by atoms with Crippen LogP contribution in [0.1, 0.15) is 18.9 Å². The Kier molecular flexibility index (Phi) is 3.54. The highest BCUT2D eigenvalue weighted by Gasteiger charge is 2.23. The molecule has 0 fully saturated rings. The molecule has 88 valence electrons. The van der Waals surface area contributed by atoms with Gasteiger partial charge in [-0.2, -0.15) is 0 Å². The Hall–Kier alpha value is -0.870. The number of aliphatic hydroxyl groups is 1. The van der Waals surface area contributed by atoms with E-state index in [1.165, 1.54) is 5.39 Å². The van der Waals surface area contributed by atoms with Crippen LogP contribution in [0, 0.1) is 0 Å². The van der Waals surface area contributed by atoms with Crippen LogP contribution in [0.25, 0.3) is 10.8 Å². The first-order valence-electron chi connectivity index (χ1n) is 5.54. The summed E-state index contributed by atoms with van der Waals surface area (Å²) < 4.78 is 0.959. The standard InChI is InChI=1S/C15H15IO/c1-11(16)10-15(2,17)14-8-7-12-5-3-4-6-13(12)9-14/h3-9,17H,1,10H2,2H3. The molecule has 1 atom stereocenters. The maximum absolute atomic E-state index is 10.5. The van der Waals surface area contributed by atoms with E-state index in [0.717, 1.165) is 14.5 Å². The fourth-order valence-electron chi connectivity index (χ4n) is 2.00. The lowest BCUT2D eigenvalue weighted by Gasteiger charge is -2.24. The van der Waals surface area contributed by atoms with Crippen molar-refractivity contribution in [2.75, 3.05) is 0 Å². The number of fused-ring (bicyclic) bond motifs is 1. The van der Waals surface area contributed by atoms with E-state index < -0.39 is 5.60 Å². The number of hydrogen-bond donors (Lipinski definition) is 1. The number of rotatable bonds is 3. The molecule has 1 N–H and O–H groups in total. The van der Waals surface area contributed by atoms with Crippen LogP contribution in [0.3, 0.4) is 0 Å². The van der Waals surface area contributed by atoms with E-state index in [0.29, 0.717) is 6.42 Å². The van der Waals surface area contributed by atoms with Crippen molar-refractivity contribution in [2.45, 2.75) is 18.9 Å². The summed E-state index contributed by atoms with van der Waals surface area (Å²) in [5.41, 5.74) is 0.0940. The van der Waals surface area contributed by atoms with E-state index >= 15 is 0 Å². The van der Waals surface area contributed by atoms with E-state index in [2.05, 4.69) is 53.4 Å². The number of benzene rings is 2. The zero-order valence-electron chi connectivity index (χ0n) is 9.78. The molecule has 0 saturated heterocycles. The highest BCUT2D eigenvalue weighted by Crippen LogP contribution is 2.31.